The van der Waals surface area contributed by atoms with Gasteiger partial charge in [-0.3, -0.25) is 4.79 Å². The average Bonchev–Trinajstić information content (AvgIpc) is 3.04. The zero-order valence-corrected chi connectivity index (χ0v) is 12.2. The molecule has 0 saturated carbocycles. The van der Waals surface area contributed by atoms with Crippen molar-refractivity contribution >= 4 is 5.91 Å². The Balaban J connectivity index is 1.76. The fraction of sp³-hybridized carbons (Fsp3) is 0.0625. The highest BCUT2D eigenvalue weighted by molar-refractivity contribution is 5.97. The Morgan fingerprint density at radius 1 is 1.00 bits per heavy atom. The van der Waals surface area contributed by atoms with Gasteiger partial charge in [-0.2, -0.15) is 15.4 Å². The van der Waals surface area contributed by atoms with Gasteiger partial charge in [-0.05, 0) is 30.3 Å². The quantitative estimate of drug-likeness (QED) is 0.772. The molecule has 3 rings (SSSR count). The topological polar surface area (TPSA) is 70.7 Å². The van der Waals surface area contributed by atoms with Crippen LogP contribution in [0.4, 0.5) is 13.2 Å². The van der Waals surface area contributed by atoms with Crippen molar-refractivity contribution in [1.82, 2.24) is 20.7 Å². The number of nitrogens with one attached hydrogen (secondary N) is 2. The van der Waals surface area contributed by atoms with Gasteiger partial charge in [0.15, 0.2) is 5.69 Å². The van der Waals surface area contributed by atoms with Gasteiger partial charge in [0, 0.05) is 23.7 Å². The molecule has 1 amide bonds. The second-order valence-electron chi connectivity index (χ2n) is 4.95. The first-order valence-corrected chi connectivity index (χ1v) is 6.93. The summed E-state index contributed by atoms with van der Waals surface area (Å²) in [6.07, 6.45) is 0. The van der Waals surface area contributed by atoms with Crippen LogP contribution in [-0.2, 0) is 6.54 Å². The molecule has 0 aliphatic heterocycles. The van der Waals surface area contributed by atoms with Crippen LogP contribution in [0.5, 0.6) is 0 Å². The molecule has 1 aromatic heterocycles. The Hall–Kier alpha value is -3.16. The highest BCUT2D eigenvalue weighted by atomic mass is 19.1. The van der Waals surface area contributed by atoms with Crippen LogP contribution in [0.25, 0.3) is 11.3 Å². The summed E-state index contributed by atoms with van der Waals surface area (Å²) in [6.45, 7) is -0.138. The lowest BCUT2D eigenvalue weighted by Crippen LogP contribution is -2.24. The standard InChI is InChI=1S/C16H11F3N4O/c17-11-4-1-9(2-5-11)14-15(22-23-21-14)16(24)20-8-10-3-6-12(18)7-13(10)19/h1-7H,8H2,(H,20,24)(H,21,22,23). The molecule has 0 atom stereocenters. The molecule has 0 fully saturated rings. The minimum atomic E-state index is -0.755. The maximum Gasteiger partial charge on any atom is 0.274 e. The number of carbonyl (C=O) groups excluding carboxylic acids is 1. The highest BCUT2D eigenvalue weighted by Crippen LogP contribution is 2.20. The van der Waals surface area contributed by atoms with E-state index in [1.54, 1.807) is 0 Å². The molecular weight excluding hydrogens is 321 g/mol. The van der Waals surface area contributed by atoms with Gasteiger partial charge in [0.1, 0.15) is 23.1 Å². The number of benzene rings is 2. The summed E-state index contributed by atoms with van der Waals surface area (Å²) in [5, 5.41) is 12.5. The molecule has 0 aliphatic carbocycles. The molecule has 0 saturated heterocycles. The Bertz CT molecular complexity index is 877. The van der Waals surface area contributed by atoms with Crippen molar-refractivity contribution in [3.8, 4) is 11.3 Å². The third-order valence-corrected chi connectivity index (χ3v) is 3.34. The smallest absolute Gasteiger partial charge is 0.274 e. The lowest BCUT2D eigenvalue weighted by Gasteiger charge is -2.06. The lowest BCUT2D eigenvalue weighted by atomic mass is 10.1. The molecule has 2 aromatic carbocycles. The largest absolute Gasteiger partial charge is 0.346 e. The molecule has 8 heteroatoms. The van der Waals surface area contributed by atoms with Gasteiger partial charge >= 0.3 is 0 Å². The first-order chi connectivity index (χ1) is 11.5. The summed E-state index contributed by atoms with van der Waals surface area (Å²) in [4.78, 5) is 12.2. The minimum Gasteiger partial charge on any atom is -0.346 e. The van der Waals surface area contributed by atoms with Crippen molar-refractivity contribution in [1.29, 1.82) is 0 Å². The Morgan fingerprint density at radius 2 is 1.71 bits per heavy atom. The van der Waals surface area contributed by atoms with Gasteiger partial charge in [-0.25, -0.2) is 13.2 Å². The number of halogens is 3. The van der Waals surface area contributed by atoms with Crippen LogP contribution < -0.4 is 5.32 Å². The first kappa shape index (κ1) is 15.7. The third-order valence-electron chi connectivity index (χ3n) is 3.34. The number of aromatic amines is 1. The molecule has 5 nitrogen and oxygen atoms in total. The number of nitrogens with zero attached hydrogens (tertiary/aromatic N) is 2. The van der Waals surface area contributed by atoms with Crippen molar-refractivity contribution in [2.24, 2.45) is 0 Å². The fourth-order valence-electron chi connectivity index (χ4n) is 2.12. The second-order valence-corrected chi connectivity index (χ2v) is 4.95. The average molecular weight is 332 g/mol. The summed E-state index contributed by atoms with van der Waals surface area (Å²) >= 11 is 0. The van der Waals surface area contributed by atoms with Gasteiger partial charge in [0.25, 0.3) is 5.91 Å². The molecule has 1 heterocycles. The Labute approximate surface area is 134 Å². The van der Waals surface area contributed by atoms with Crippen LogP contribution in [0, 0.1) is 17.5 Å². The molecule has 0 spiro atoms. The molecule has 3 aromatic rings. The van der Waals surface area contributed by atoms with E-state index >= 15 is 0 Å². The highest BCUT2D eigenvalue weighted by Gasteiger charge is 2.18. The van der Waals surface area contributed by atoms with E-state index in [1.807, 2.05) is 0 Å². The zero-order valence-electron chi connectivity index (χ0n) is 12.2. The van der Waals surface area contributed by atoms with E-state index in [2.05, 4.69) is 20.7 Å². The molecule has 0 radical (unpaired) electrons. The van der Waals surface area contributed by atoms with E-state index in [4.69, 9.17) is 0 Å². The van der Waals surface area contributed by atoms with Crippen molar-refractivity contribution in [2.45, 2.75) is 6.54 Å². The van der Waals surface area contributed by atoms with E-state index in [1.165, 1.54) is 30.3 Å². The molecular formula is C16H11F3N4O. The van der Waals surface area contributed by atoms with E-state index in [9.17, 15) is 18.0 Å². The fourth-order valence-corrected chi connectivity index (χ4v) is 2.12. The zero-order chi connectivity index (χ0) is 17.1. The van der Waals surface area contributed by atoms with Gasteiger partial charge in [0.05, 0.1) is 0 Å². The summed E-state index contributed by atoms with van der Waals surface area (Å²) in [5.74, 6) is -2.46. The van der Waals surface area contributed by atoms with E-state index in [0.717, 1.165) is 12.1 Å². The number of carbonyl (C=O) groups is 1. The summed E-state index contributed by atoms with van der Waals surface area (Å²) in [7, 11) is 0. The van der Waals surface area contributed by atoms with E-state index < -0.39 is 23.4 Å². The number of rotatable bonds is 4. The molecule has 24 heavy (non-hydrogen) atoms. The summed E-state index contributed by atoms with van der Waals surface area (Å²) in [6, 6.07) is 8.48. The van der Waals surface area contributed by atoms with Gasteiger partial charge in [-0.1, -0.05) is 6.07 Å². The van der Waals surface area contributed by atoms with Crippen molar-refractivity contribution in [3.05, 3.63) is 71.2 Å². The van der Waals surface area contributed by atoms with Crippen LogP contribution in [0.15, 0.2) is 42.5 Å². The van der Waals surface area contributed by atoms with Crippen molar-refractivity contribution in [3.63, 3.8) is 0 Å². The van der Waals surface area contributed by atoms with Crippen LogP contribution >= 0.6 is 0 Å². The number of amides is 1. The predicted octanol–water partition coefficient (Wildman–Crippen LogP) is 2.82. The number of H-pyrrole nitrogens is 1. The SMILES string of the molecule is O=C(NCc1ccc(F)cc1F)c1n[nH]nc1-c1ccc(F)cc1. The van der Waals surface area contributed by atoms with Gasteiger partial charge in [-0.15, -0.1) is 0 Å². The second kappa shape index (κ2) is 6.53. The van der Waals surface area contributed by atoms with E-state index in [-0.39, 0.29) is 23.5 Å². The van der Waals surface area contributed by atoms with Crippen LogP contribution in [0.1, 0.15) is 16.1 Å². The van der Waals surface area contributed by atoms with Gasteiger partial charge in [0.2, 0.25) is 0 Å². The molecule has 0 aliphatic rings. The van der Waals surface area contributed by atoms with Crippen LogP contribution in [0.3, 0.4) is 0 Å². The van der Waals surface area contributed by atoms with Gasteiger partial charge < -0.3 is 5.32 Å². The minimum absolute atomic E-state index is 0.0101. The van der Waals surface area contributed by atoms with E-state index in [0.29, 0.717) is 5.56 Å². The lowest BCUT2D eigenvalue weighted by molar-refractivity contribution is 0.0946. The third kappa shape index (κ3) is 3.27. The number of hydrogen-bond acceptors (Lipinski definition) is 3. The number of hydrogen-bond donors (Lipinski definition) is 2. The maximum atomic E-state index is 13.6. The van der Waals surface area contributed by atoms with Crippen molar-refractivity contribution < 1.29 is 18.0 Å². The maximum absolute atomic E-state index is 13.6. The molecule has 122 valence electrons. The summed E-state index contributed by atoms with van der Waals surface area (Å²) in [5.41, 5.74) is 0.871. The molecule has 0 unspecified atom stereocenters. The monoisotopic (exact) mass is 332 g/mol. The van der Waals surface area contributed by atoms with Crippen LogP contribution in [-0.4, -0.2) is 21.3 Å². The van der Waals surface area contributed by atoms with Crippen molar-refractivity contribution in [2.75, 3.05) is 0 Å². The normalized spacial score (nSPS) is 10.6. The number of aromatic nitrogens is 3. The van der Waals surface area contributed by atoms with Crippen LogP contribution in [0.2, 0.25) is 0 Å². The summed E-state index contributed by atoms with van der Waals surface area (Å²) < 4.78 is 39.4. The Kier molecular flexibility index (Phi) is 4.28. The molecule has 0 bridgehead atoms. The first-order valence-electron chi connectivity index (χ1n) is 6.93. The predicted molar refractivity (Wildman–Crippen MR) is 79.3 cm³/mol. The Morgan fingerprint density at radius 3 is 2.42 bits per heavy atom. The molecule has 2 N–H and O–H groups in total.